The zero-order chi connectivity index (χ0) is 35.8. The van der Waals surface area contributed by atoms with Crippen molar-refractivity contribution < 1.29 is 0 Å². The molecule has 54 heavy (non-hydrogen) atoms. The second-order valence-corrected chi connectivity index (χ2v) is 14.8. The maximum absolute atomic E-state index is 2.41. The number of thiophene rings is 1. The number of benzene rings is 9. The first-order chi connectivity index (χ1) is 26.7. The van der Waals surface area contributed by atoms with Crippen LogP contribution in [0.25, 0.3) is 75.5 Å². The molecule has 9 aromatic carbocycles. The van der Waals surface area contributed by atoms with E-state index >= 15 is 0 Å². The maximum Gasteiger partial charge on any atom is 0.0640 e. The Hall–Kier alpha value is -6.74. The topological polar surface area (TPSA) is 3.24 Å². The zero-order valence-corrected chi connectivity index (χ0v) is 30.4. The molecule has 10 aromatic rings. The molecule has 0 fully saturated rings. The van der Waals surface area contributed by atoms with E-state index in [0.29, 0.717) is 0 Å². The van der Waals surface area contributed by atoms with E-state index in [0.717, 1.165) is 11.4 Å². The molecule has 0 bridgehead atoms. The molecule has 0 unspecified atom stereocenters. The third-order valence-corrected chi connectivity index (χ3v) is 11.7. The highest BCUT2D eigenvalue weighted by Crippen LogP contribution is 2.45. The minimum absolute atomic E-state index is 1.12. The third kappa shape index (κ3) is 5.93. The minimum atomic E-state index is 1.12. The summed E-state index contributed by atoms with van der Waals surface area (Å²) in [6, 6.07) is 77.1. The number of fused-ring (bicyclic) bond motifs is 4. The van der Waals surface area contributed by atoms with Gasteiger partial charge in [0.05, 0.1) is 10.4 Å². The van der Waals surface area contributed by atoms with Crippen LogP contribution in [0.15, 0.2) is 212 Å². The molecular formula is C52H35NS. The highest BCUT2D eigenvalue weighted by Gasteiger charge is 2.18. The van der Waals surface area contributed by atoms with Crippen LogP contribution in [0.1, 0.15) is 0 Å². The lowest BCUT2D eigenvalue weighted by Crippen LogP contribution is -2.10. The van der Waals surface area contributed by atoms with E-state index in [4.69, 9.17) is 0 Å². The van der Waals surface area contributed by atoms with Crippen LogP contribution in [0.2, 0.25) is 0 Å². The van der Waals surface area contributed by atoms with Crippen molar-refractivity contribution in [2.75, 3.05) is 4.90 Å². The summed E-state index contributed by atoms with van der Waals surface area (Å²) in [6.45, 7) is 0. The van der Waals surface area contributed by atoms with E-state index < -0.39 is 0 Å². The summed E-state index contributed by atoms with van der Waals surface area (Å²) in [4.78, 5) is 2.41. The molecular weight excluding hydrogens is 671 g/mol. The van der Waals surface area contributed by atoms with Crippen molar-refractivity contribution in [1.29, 1.82) is 0 Å². The Morgan fingerprint density at radius 2 is 0.704 bits per heavy atom. The molecule has 0 saturated heterocycles. The first kappa shape index (κ1) is 32.0. The van der Waals surface area contributed by atoms with Crippen molar-refractivity contribution >= 4 is 59.3 Å². The molecule has 0 saturated carbocycles. The third-order valence-electron chi connectivity index (χ3n) is 10.5. The van der Waals surface area contributed by atoms with E-state index in [1.807, 2.05) is 11.3 Å². The molecule has 0 aliphatic carbocycles. The Bertz CT molecular complexity index is 2890. The largest absolute Gasteiger partial charge is 0.309 e. The highest BCUT2D eigenvalue weighted by atomic mass is 32.1. The van der Waals surface area contributed by atoms with Crippen molar-refractivity contribution in [1.82, 2.24) is 0 Å². The predicted molar refractivity (Wildman–Crippen MR) is 233 cm³/mol. The fraction of sp³-hybridized carbons (Fsp3) is 0. The van der Waals surface area contributed by atoms with Crippen LogP contribution in [0.5, 0.6) is 0 Å². The Morgan fingerprint density at radius 1 is 0.296 bits per heavy atom. The van der Waals surface area contributed by atoms with E-state index in [1.165, 1.54) is 81.1 Å². The normalized spacial score (nSPS) is 11.3. The molecule has 2 heteroatoms. The van der Waals surface area contributed by atoms with Gasteiger partial charge in [-0.1, -0.05) is 164 Å². The van der Waals surface area contributed by atoms with Crippen LogP contribution in [-0.2, 0) is 0 Å². The van der Waals surface area contributed by atoms with Gasteiger partial charge in [0.1, 0.15) is 0 Å². The Morgan fingerprint density at radius 3 is 1.26 bits per heavy atom. The highest BCUT2D eigenvalue weighted by molar-refractivity contribution is 7.26. The van der Waals surface area contributed by atoms with Crippen molar-refractivity contribution in [2.45, 2.75) is 0 Å². The average molecular weight is 706 g/mol. The molecule has 10 rings (SSSR count). The standard InChI is InChI=1S/C52H35NS/c1-3-10-36(11-4-1)38-18-20-39(21-19-38)40-26-30-46(31-27-40)53(50-16-9-15-49-48-14-7-8-17-51(48)54-52(49)50)47-32-28-41(29-33-47)43-23-25-44-34-42(22-24-45(44)35-43)37-12-5-2-6-13-37/h1-35H. The van der Waals surface area contributed by atoms with Gasteiger partial charge in [0.15, 0.2) is 0 Å². The van der Waals surface area contributed by atoms with E-state index in [2.05, 4.69) is 217 Å². The number of nitrogens with zero attached hydrogens (tertiary/aromatic N) is 1. The van der Waals surface area contributed by atoms with Gasteiger partial charge in [-0.15, -0.1) is 11.3 Å². The molecule has 0 aliphatic rings. The molecule has 0 aliphatic heterocycles. The van der Waals surface area contributed by atoms with Crippen LogP contribution in [0.3, 0.4) is 0 Å². The smallest absolute Gasteiger partial charge is 0.0640 e. The van der Waals surface area contributed by atoms with Gasteiger partial charge in [0.2, 0.25) is 0 Å². The summed E-state index contributed by atoms with van der Waals surface area (Å²) in [5.74, 6) is 0. The van der Waals surface area contributed by atoms with Gasteiger partial charge in [-0.2, -0.15) is 0 Å². The molecule has 254 valence electrons. The fourth-order valence-electron chi connectivity index (χ4n) is 7.66. The Labute approximate surface area is 319 Å². The van der Waals surface area contributed by atoms with E-state index in [1.54, 1.807) is 0 Å². The van der Waals surface area contributed by atoms with Crippen LogP contribution >= 0.6 is 11.3 Å². The SMILES string of the molecule is c1ccc(-c2ccc(-c3ccc(N(c4ccc(-c5ccc6cc(-c7ccccc7)ccc6c5)cc4)c4cccc5c4sc4ccccc45)cc3)cc2)cc1. The second kappa shape index (κ2) is 13.7. The van der Waals surface area contributed by atoms with Crippen molar-refractivity contribution in [3.05, 3.63) is 212 Å². The lowest BCUT2D eigenvalue weighted by atomic mass is 9.97. The summed E-state index contributed by atoms with van der Waals surface area (Å²) in [5.41, 5.74) is 13.2. The van der Waals surface area contributed by atoms with Crippen LogP contribution in [-0.4, -0.2) is 0 Å². The van der Waals surface area contributed by atoms with Gasteiger partial charge >= 0.3 is 0 Å². The average Bonchev–Trinajstić information content (AvgIpc) is 3.64. The zero-order valence-electron chi connectivity index (χ0n) is 29.6. The summed E-state index contributed by atoms with van der Waals surface area (Å²) in [6.07, 6.45) is 0. The fourth-order valence-corrected chi connectivity index (χ4v) is 8.87. The summed E-state index contributed by atoms with van der Waals surface area (Å²) in [7, 11) is 0. The van der Waals surface area contributed by atoms with Gasteiger partial charge < -0.3 is 4.90 Å². The van der Waals surface area contributed by atoms with Crippen LogP contribution < -0.4 is 4.90 Å². The summed E-state index contributed by atoms with van der Waals surface area (Å²) >= 11 is 1.86. The second-order valence-electron chi connectivity index (χ2n) is 13.8. The van der Waals surface area contributed by atoms with Gasteiger partial charge in [-0.3, -0.25) is 0 Å². The molecule has 1 aromatic heterocycles. The Balaban J connectivity index is 1.02. The van der Waals surface area contributed by atoms with Crippen molar-refractivity contribution in [2.24, 2.45) is 0 Å². The van der Waals surface area contributed by atoms with Crippen LogP contribution in [0.4, 0.5) is 17.1 Å². The number of hydrogen-bond donors (Lipinski definition) is 0. The Kier molecular flexibility index (Phi) is 8.09. The van der Waals surface area contributed by atoms with Crippen molar-refractivity contribution in [3.8, 4) is 44.5 Å². The van der Waals surface area contributed by atoms with Gasteiger partial charge in [0.25, 0.3) is 0 Å². The lowest BCUT2D eigenvalue weighted by Gasteiger charge is -2.26. The molecule has 0 spiro atoms. The molecule has 1 heterocycles. The number of rotatable bonds is 7. The minimum Gasteiger partial charge on any atom is -0.309 e. The molecule has 0 N–H and O–H groups in total. The quantitative estimate of drug-likeness (QED) is 0.160. The van der Waals surface area contributed by atoms with Gasteiger partial charge in [-0.05, 0) is 104 Å². The van der Waals surface area contributed by atoms with E-state index in [9.17, 15) is 0 Å². The molecule has 1 nitrogen and oxygen atoms in total. The predicted octanol–water partition coefficient (Wildman–Crippen LogP) is 15.3. The number of anilines is 3. The first-order valence-corrected chi connectivity index (χ1v) is 19.2. The molecule has 0 amide bonds. The van der Waals surface area contributed by atoms with Gasteiger partial charge in [0, 0.05) is 26.8 Å². The van der Waals surface area contributed by atoms with Crippen molar-refractivity contribution in [3.63, 3.8) is 0 Å². The molecule has 0 atom stereocenters. The summed E-state index contributed by atoms with van der Waals surface area (Å²) in [5, 5.41) is 5.08. The van der Waals surface area contributed by atoms with Gasteiger partial charge in [-0.25, -0.2) is 0 Å². The lowest BCUT2D eigenvalue weighted by molar-refractivity contribution is 1.30. The van der Waals surface area contributed by atoms with E-state index in [-0.39, 0.29) is 0 Å². The first-order valence-electron chi connectivity index (χ1n) is 18.4. The number of hydrogen-bond acceptors (Lipinski definition) is 2. The molecule has 0 radical (unpaired) electrons. The summed E-state index contributed by atoms with van der Waals surface area (Å²) < 4.78 is 2.59. The maximum atomic E-state index is 2.41. The van der Waals surface area contributed by atoms with Crippen LogP contribution in [0, 0.1) is 0 Å². The monoisotopic (exact) mass is 705 g/mol.